The van der Waals surface area contributed by atoms with Crippen molar-refractivity contribution in [1.82, 2.24) is 0 Å². The quantitative estimate of drug-likeness (QED) is 0.708. The van der Waals surface area contributed by atoms with Crippen molar-refractivity contribution in [2.24, 2.45) is 5.92 Å². The molecule has 1 rings (SSSR count). The normalized spacial score (nSPS) is 12.5. The van der Waals surface area contributed by atoms with Gasteiger partial charge in [0.15, 0.2) is 0 Å². The average molecular weight is 184 g/mol. The molecular weight excluding hydrogens is 170 g/mol. The van der Waals surface area contributed by atoms with Crippen LogP contribution in [0, 0.1) is 5.92 Å². The lowest BCUT2D eigenvalue weighted by molar-refractivity contribution is 0.696. The van der Waals surface area contributed by atoms with Crippen LogP contribution in [0.2, 0.25) is 0 Å². The first-order valence-corrected chi connectivity index (χ1v) is 4.71. The maximum absolute atomic E-state index is 5.68. The van der Waals surface area contributed by atoms with E-state index < -0.39 is 0 Å². The zero-order valence-electron chi connectivity index (χ0n) is 7.26. The van der Waals surface area contributed by atoms with Crippen molar-refractivity contribution in [1.29, 1.82) is 0 Å². The molecule has 0 bridgehead atoms. The predicted molar refractivity (Wildman–Crippen MR) is 54.8 cm³/mol. The van der Waals surface area contributed by atoms with Crippen molar-refractivity contribution in [2.75, 3.05) is 17.7 Å². The topological polar surface area (TPSA) is 12.0 Å². The van der Waals surface area contributed by atoms with Crippen LogP contribution < -0.4 is 5.32 Å². The summed E-state index contributed by atoms with van der Waals surface area (Å²) in [7, 11) is 0. The van der Waals surface area contributed by atoms with Crippen molar-refractivity contribution < 1.29 is 0 Å². The molecule has 0 aliphatic rings. The summed E-state index contributed by atoms with van der Waals surface area (Å²) in [6, 6.07) is 10.2. The highest BCUT2D eigenvalue weighted by molar-refractivity contribution is 6.18. The van der Waals surface area contributed by atoms with Gasteiger partial charge in [-0.3, -0.25) is 0 Å². The lowest BCUT2D eigenvalue weighted by atomic mass is 10.2. The number of nitrogens with one attached hydrogen (secondary N) is 1. The molecule has 12 heavy (non-hydrogen) atoms. The molecular formula is C10H14ClN. The Hall–Kier alpha value is -0.690. The summed E-state index contributed by atoms with van der Waals surface area (Å²) in [6.45, 7) is 3.07. The van der Waals surface area contributed by atoms with Crippen LogP contribution in [0.5, 0.6) is 0 Å². The van der Waals surface area contributed by atoms with E-state index in [2.05, 4.69) is 24.4 Å². The second kappa shape index (κ2) is 5.04. The minimum Gasteiger partial charge on any atom is -0.385 e. The van der Waals surface area contributed by atoms with Crippen LogP contribution >= 0.6 is 11.6 Å². The predicted octanol–water partition coefficient (Wildman–Crippen LogP) is 2.97. The largest absolute Gasteiger partial charge is 0.385 e. The standard InChI is InChI=1S/C10H14ClN/c1-9(7-11)8-12-10-5-3-2-4-6-10/h2-6,9,12H,7-8H2,1H3/t9-/m1/s1. The van der Waals surface area contributed by atoms with E-state index in [1.165, 1.54) is 0 Å². The fourth-order valence-corrected chi connectivity index (χ4v) is 1.01. The van der Waals surface area contributed by atoms with Gasteiger partial charge < -0.3 is 5.32 Å². The van der Waals surface area contributed by atoms with Crippen molar-refractivity contribution >= 4 is 17.3 Å². The van der Waals surface area contributed by atoms with E-state index in [0.29, 0.717) is 11.8 Å². The molecule has 0 amide bonds. The van der Waals surface area contributed by atoms with Gasteiger partial charge in [0, 0.05) is 18.1 Å². The van der Waals surface area contributed by atoms with Gasteiger partial charge in [-0.1, -0.05) is 25.1 Å². The summed E-state index contributed by atoms with van der Waals surface area (Å²) in [5, 5.41) is 3.31. The number of anilines is 1. The Bertz CT molecular complexity index is 210. The second-order valence-corrected chi connectivity index (χ2v) is 3.32. The monoisotopic (exact) mass is 183 g/mol. The lowest BCUT2D eigenvalue weighted by Gasteiger charge is -2.09. The first kappa shape index (κ1) is 9.40. The van der Waals surface area contributed by atoms with Gasteiger partial charge in [-0.25, -0.2) is 0 Å². The van der Waals surface area contributed by atoms with E-state index in [1.807, 2.05) is 18.2 Å². The molecule has 1 atom stereocenters. The maximum Gasteiger partial charge on any atom is 0.0340 e. The minimum atomic E-state index is 0.520. The van der Waals surface area contributed by atoms with Gasteiger partial charge in [0.2, 0.25) is 0 Å². The highest BCUT2D eigenvalue weighted by Crippen LogP contribution is 2.06. The maximum atomic E-state index is 5.68. The van der Waals surface area contributed by atoms with Crippen LogP contribution in [0.1, 0.15) is 6.92 Å². The Balaban J connectivity index is 2.33. The number of alkyl halides is 1. The fraction of sp³-hybridized carbons (Fsp3) is 0.400. The smallest absolute Gasteiger partial charge is 0.0340 e. The third kappa shape index (κ3) is 3.14. The van der Waals surface area contributed by atoms with Gasteiger partial charge in [0.1, 0.15) is 0 Å². The Kier molecular flexibility index (Phi) is 3.95. The van der Waals surface area contributed by atoms with E-state index in [9.17, 15) is 0 Å². The molecule has 0 saturated heterocycles. The molecule has 0 unspecified atom stereocenters. The summed E-state index contributed by atoms with van der Waals surface area (Å²) in [4.78, 5) is 0. The van der Waals surface area contributed by atoms with Crippen LogP contribution in [-0.2, 0) is 0 Å². The summed E-state index contributed by atoms with van der Waals surface area (Å²) in [5.41, 5.74) is 1.16. The Morgan fingerprint density at radius 2 is 2.00 bits per heavy atom. The van der Waals surface area contributed by atoms with E-state index in [0.717, 1.165) is 12.2 Å². The van der Waals surface area contributed by atoms with Gasteiger partial charge in [-0.05, 0) is 18.1 Å². The van der Waals surface area contributed by atoms with Crippen molar-refractivity contribution in [2.45, 2.75) is 6.92 Å². The molecule has 0 heterocycles. The minimum absolute atomic E-state index is 0.520. The van der Waals surface area contributed by atoms with E-state index in [1.54, 1.807) is 0 Å². The van der Waals surface area contributed by atoms with E-state index in [4.69, 9.17) is 11.6 Å². The van der Waals surface area contributed by atoms with Crippen molar-refractivity contribution in [3.05, 3.63) is 30.3 Å². The van der Waals surface area contributed by atoms with Gasteiger partial charge in [0.25, 0.3) is 0 Å². The molecule has 0 fully saturated rings. The molecule has 0 aliphatic carbocycles. The molecule has 0 aromatic heterocycles. The summed E-state index contributed by atoms with van der Waals surface area (Å²) >= 11 is 5.68. The van der Waals surface area contributed by atoms with Crippen LogP contribution in [0.15, 0.2) is 30.3 Å². The molecule has 0 spiro atoms. The number of para-hydroxylation sites is 1. The van der Waals surface area contributed by atoms with Gasteiger partial charge in [-0.15, -0.1) is 11.6 Å². The van der Waals surface area contributed by atoms with Crippen LogP contribution in [0.25, 0.3) is 0 Å². The summed E-state index contributed by atoms with van der Waals surface area (Å²) in [5.74, 6) is 1.23. The molecule has 1 aromatic carbocycles. The van der Waals surface area contributed by atoms with Crippen molar-refractivity contribution in [3.8, 4) is 0 Å². The van der Waals surface area contributed by atoms with Gasteiger partial charge in [0.05, 0.1) is 0 Å². The molecule has 0 aliphatic heterocycles. The van der Waals surface area contributed by atoms with Gasteiger partial charge in [-0.2, -0.15) is 0 Å². The van der Waals surface area contributed by atoms with Crippen LogP contribution in [0.3, 0.4) is 0 Å². The molecule has 1 nitrogen and oxygen atoms in total. The lowest BCUT2D eigenvalue weighted by Crippen LogP contribution is -2.11. The third-order valence-corrected chi connectivity index (χ3v) is 2.22. The highest BCUT2D eigenvalue weighted by Gasteiger charge is 1.97. The first-order valence-electron chi connectivity index (χ1n) is 4.18. The molecule has 2 heteroatoms. The Labute approximate surface area is 78.7 Å². The van der Waals surface area contributed by atoms with Gasteiger partial charge >= 0.3 is 0 Å². The molecule has 1 N–H and O–H groups in total. The number of hydrogen-bond acceptors (Lipinski definition) is 1. The number of halogens is 1. The highest BCUT2D eigenvalue weighted by atomic mass is 35.5. The molecule has 1 aromatic rings. The van der Waals surface area contributed by atoms with Crippen LogP contribution in [-0.4, -0.2) is 12.4 Å². The molecule has 66 valence electrons. The first-order chi connectivity index (χ1) is 5.83. The van der Waals surface area contributed by atoms with E-state index in [-0.39, 0.29) is 0 Å². The Morgan fingerprint density at radius 3 is 2.58 bits per heavy atom. The van der Waals surface area contributed by atoms with Crippen molar-refractivity contribution in [3.63, 3.8) is 0 Å². The summed E-state index contributed by atoms with van der Waals surface area (Å²) < 4.78 is 0. The Morgan fingerprint density at radius 1 is 1.33 bits per heavy atom. The number of rotatable bonds is 4. The molecule has 0 saturated carbocycles. The zero-order valence-corrected chi connectivity index (χ0v) is 8.01. The van der Waals surface area contributed by atoms with E-state index >= 15 is 0 Å². The zero-order chi connectivity index (χ0) is 8.81. The molecule has 0 radical (unpaired) electrons. The summed E-state index contributed by atoms with van der Waals surface area (Å²) in [6.07, 6.45) is 0. The third-order valence-electron chi connectivity index (χ3n) is 1.69. The van der Waals surface area contributed by atoms with Crippen LogP contribution in [0.4, 0.5) is 5.69 Å². The average Bonchev–Trinajstić information content (AvgIpc) is 2.16. The fourth-order valence-electron chi connectivity index (χ4n) is 0.903. The SMILES string of the molecule is C[C@H](CCl)CNc1ccccc1. The second-order valence-electron chi connectivity index (χ2n) is 3.01. The number of hydrogen-bond donors (Lipinski definition) is 1. The number of benzene rings is 1.